The first-order valence-electron chi connectivity index (χ1n) is 7.14. The summed E-state index contributed by atoms with van der Waals surface area (Å²) in [5.41, 5.74) is 2.31. The van der Waals surface area contributed by atoms with Crippen LogP contribution in [-0.4, -0.2) is 22.5 Å². The zero-order valence-electron chi connectivity index (χ0n) is 12.4. The van der Waals surface area contributed by atoms with Gasteiger partial charge in [-0.3, -0.25) is 0 Å². The van der Waals surface area contributed by atoms with Gasteiger partial charge >= 0.3 is 5.97 Å². The normalized spacial score (nSPS) is 10.5. The predicted octanol–water partition coefficient (Wildman–Crippen LogP) is 4.31. The number of carbonyl (C=O) groups excluding carboxylic acids is 1. The van der Waals surface area contributed by atoms with Crippen molar-refractivity contribution in [1.82, 2.24) is 9.97 Å². The van der Waals surface area contributed by atoms with E-state index in [4.69, 9.17) is 4.74 Å². The van der Waals surface area contributed by atoms with Crippen molar-refractivity contribution in [1.29, 1.82) is 0 Å². The van der Waals surface area contributed by atoms with Gasteiger partial charge in [0, 0.05) is 4.47 Å². The number of ether oxygens (including phenoxy) is 1. The molecule has 0 spiro atoms. The molecule has 2 aromatic carbocycles. The van der Waals surface area contributed by atoms with Gasteiger partial charge < -0.3 is 10.1 Å². The fraction of sp³-hybridized carbons (Fsp3) is 0.118. The number of carbonyl (C=O) groups is 1. The van der Waals surface area contributed by atoms with Crippen molar-refractivity contribution in [2.24, 2.45) is 0 Å². The molecule has 5 nitrogen and oxygen atoms in total. The van der Waals surface area contributed by atoms with Crippen molar-refractivity contribution in [3.05, 3.63) is 58.7 Å². The van der Waals surface area contributed by atoms with E-state index in [-0.39, 0.29) is 12.3 Å². The Hall–Kier alpha value is -2.47. The van der Waals surface area contributed by atoms with Gasteiger partial charge in [-0.2, -0.15) is 0 Å². The topological polar surface area (TPSA) is 64.1 Å². The molecule has 3 rings (SSSR count). The third-order valence-electron chi connectivity index (χ3n) is 3.17. The first-order valence-corrected chi connectivity index (χ1v) is 7.94. The Morgan fingerprint density at radius 3 is 2.43 bits per heavy atom. The summed E-state index contributed by atoms with van der Waals surface area (Å²) in [7, 11) is 0. The molecule has 1 N–H and O–H groups in total. The van der Waals surface area contributed by atoms with Gasteiger partial charge in [0.25, 0.3) is 0 Å². The van der Waals surface area contributed by atoms with E-state index in [1.807, 2.05) is 48.5 Å². The summed E-state index contributed by atoms with van der Waals surface area (Å²) < 4.78 is 5.96. The van der Waals surface area contributed by atoms with E-state index in [0.717, 1.165) is 10.2 Å². The van der Waals surface area contributed by atoms with Crippen LogP contribution in [0.25, 0.3) is 11.0 Å². The van der Waals surface area contributed by atoms with Gasteiger partial charge in [-0.25, -0.2) is 14.8 Å². The van der Waals surface area contributed by atoms with Gasteiger partial charge in [0.1, 0.15) is 0 Å². The van der Waals surface area contributed by atoms with Crippen LogP contribution in [0.3, 0.4) is 0 Å². The van der Waals surface area contributed by atoms with Crippen molar-refractivity contribution >= 4 is 44.4 Å². The van der Waals surface area contributed by atoms with Gasteiger partial charge in [-0.15, -0.1) is 0 Å². The van der Waals surface area contributed by atoms with Crippen LogP contribution in [0.1, 0.15) is 17.4 Å². The molecule has 116 valence electrons. The number of benzene rings is 2. The number of anilines is 2. The Balaban J connectivity index is 2.11. The number of fused-ring (bicyclic) bond motifs is 1. The fourth-order valence-corrected chi connectivity index (χ4v) is 2.50. The van der Waals surface area contributed by atoms with Crippen LogP contribution in [0.15, 0.2) is 53.0 Å². The molecule has 0 aliphatic carbocycles. The Morgan fingerprint density at radius 1 is 1.09 bits per heavy atom. The quantitative estimate of drug-likeness (QED) is 0.692. The second-order valence-corrected chi connectivity index (χ2v) is 5.59. The van der Waals surface area contributed by atoms with Crippen LogP contribution in [0.4, 0.5) is 11.5 Å². The molecular weight excluding hydrogens is 358 g/mol. The molecule has 0 bridgehead atoms. The SMILES string of the molecule is CCOC(=O)c1nc2ccccc2nc1Nc1ccccc1Br. The van der Waals surface area contributed by atoms with Crippen molar-refractivity contribution in [2.45, 2.75) is 6.92 Å². The molecule has 0 unspecified atom stereocenters. The lowest BCUT2D eigenvalue weighted by molar-refractivity contribution is 0.0521. The standard InChI is InChI=1S/C17H14BrN3O2/c1-2-23-17(22)15-16(20-12-8-4-3-7-11(12)18)21-14-10-6-5-9-13(14)19-15/h3-10H,2H2,1H3,(H,20,21). The molecule has 0 aliphatic heterocycles. The van der Waals surface area contributed by atoms with Crippen LogP contribution in [0.2, 0.25) is 0 Å². The molecule has 1 heterocycles. The van der Waals surface area contributed by atoms with Gasteiger partial charge in [0.2, 0.25) is 0 Å². The lowest BCUT2D eigenvalue weighted by Crippen LogP contribution is -2.12. The number of hydrogen-bond donors (Lipinski definition) is 1. The molecule has 0 aliphatic rings. The molecule has 1 aromatic heterocycles. The van der Waals surface area contributed by atoms with E-state index in [1.54, 1.807) is 6.92 Å². The van der Waals surface area contributed by atoms with E-state index < -0.39 is 5.97 Å². The third kappa shape index (κ3) is 3.32. The van der Waals surface area contributed by atoms with E-state index in [1.165, 1.54) is 0 Å². The van der Waals surface area contributed by atoms with Crippen LogP contribution in [0, 0.1) is 0 Å². The average molecular weight is 372 g/mol. The van der Waals surface area contributed by atoms with Crippen molar-refractivity contribution in [3.63, 3.8) is 0 Å². The molecule has 0 atom stereocenters. The van der Waals surface area contributed by atoms with Gasteiger partial charge in [-0.1, -0.05) is 24.3 Å². The molecule has 0 amide bonds. The summed E-state index contributed by atoms with van der Waals surface area (Å²) in [5, 5.41) is 3.15. The lowest BCUT2D eigenvalue weighted by atomic mass is 10.2. The Morgan fingerprint density at radius 2 is 1.74 bits per heavy atom. The monoisotopic (exact) mass is 371 g/mol. The Labute approximate surface area is 141 Å². The molecule has 23 heavy (non-hydrogen) atoms. The second-order valence-electron chi connectivity index (χ2n) is 4.73. The first-order chi connectivity index (χ1) is 11.2. The number of hydrogen-bond acceptors (Lipinski definition) is 5. The summed E-state index contributed by atoms with van der Waals surface area (Å²) in [4.78, 5) is 21.1. The largest absolute Gasteiger partial charge is 0.461 e. The highest BCUT2D eigenvalue weighted by Crippen LogP contribution is 2.27. The summed E-state index contributed by atoms with van der Waals surface area (Å²) >= 11 is 3.47. The minimum Gasteiger partial charge on any atom is -0.461 e. The van der Waals surface area contributed by atoms with Gasteiger partial charge in [0.05, 0.1) is 23.3 Å². The summed E-state index contributed by atoms with van der Waals surface area (Å²) in [6, 6.07) is 15.0. The molecule has 0 saturated heterocycles. The van der Waals surface area contributed by atoms with Crippen LogP contribution < -0.4 is 5.32 Å². The zero-order chi connectivity index (χ0) is 16.2. The van der Waals surface area contributed by atoms with E-state index >= 15 is 0 Å². The van der Waals surface area contributed by atoms with E-state index in [0.29, 0.717) is 16.9 Å². The fourth-order valence-electron chi connectivity index (χ4n) is 2.12. The smallest absolute Gasteiger partial charge is 0.360 e. The van der Waals surface area contributed by atoms with Gasteiger partial charge in [-0.05, 0) is 47.1 Å². The van der Waals surface area contributed by atoms with E-state index in [2.05, 4.69) is 31.2 Å². The maximum Gasteiger partial charge on any atom is 0.360 e. The van der Waals surface area contributed by atoms with Crippen LogP contribution in [-0.2, 0) is 4.74 Å². The average Bonchev–Trinajstić information content (AvgIpc) is 2.56. The van der Waals surface area contributed by atoms with Crippen molar-refractivity contribution in [3.8, 4) is 0 Å². The first kappa shape index (κ1) is 15.4. The minimum absolute atomic E-state index is 0.168. The van der Waals surface area contributed by atoms with Crippen LogP contribution in [0.5, 0.6) is 0 Å². The number of nitrogens with zero attached hydrogens (tertiary/aromatic N) is 2. The molecular formula is C17H14BrN3O2. The molecule has 0 radical (unpaired) electrons. The number of rotatable bonds is 4. The molecule has 6 heteroatoms. The highest BCUT2D eigenvalue weighted by molar-refractivity contribution is 9.10. The van der Waals surface area contributed by atoms with E-state index in [9.17, 15) is 4.79 Å². The number of nitrogens with one attached hydrogen (secondary N) is 1. The van der Waals surface area contributed by atoms with Gasteiger partial charge in [0.15, 0.2) is 11.5 Å². The maximum atomic E-state index is 12.2. The van der Waals surface area contributed by atoms with Crippen LogP contribution >= 0.6 is 15.9 Å². The van der Waals surface area contributed by atoms with Crippen molar-refractivity contribution in [2.75, 3.05) is 11.9 Å². The van der Waals surface area contributed by atoms with Crippen molar-refractivity contribution < 1.29 is 9.53 Å². The zero-order valence-corrected chi connectivity index (χ0v) is 14.0. The lowest BCUT2D eigenvalue weighted by Gasteiger charge is -2.12. The summed E-state index contributed by atoms with van der Waals surface area (Å²) in [6.07, 6.45) is 0. The molecule has 3 aromatic rings. The Bertz CT molecular complexity index is 867. The number of aromatic nitrogens is 2. The summed E-state index contributed by atoms with van der Waals surface area (Å²) in [5.74, 6) is -0.130. The molecule has 0 saturated carbocycles. The minimum atomic E-state index is -0.500. The molecule has 0 fully saturated rings. The highest BCUT2D eigenvalue weighted by atomic mass is 79.9. The number of esters is 1. The number of halogens is 1. The third-order valence-corrected chi connectivity index (χ3v) is 3.86. The number of para-hydroxylation sites is 3. The highest BCUT2D eigenvalue weighted by Gasteiger charge is 2.18. The maximum absolute atomic E-state index is 12.2. The Kier molecular flexibility index (Phi) is 4.52. The predicted molar refractivity (Wildman–Crippen MR) is 92.9 cm³/mol. The second kappa shape index (κ2) is 6.75. The summed E-state index contributed by atoms with van der Waals surface area (Å²) in [6.45, 7) is 2.04.